The monoisotopic (exact) mass is 393 g/mol. The highest BCUT2D eigenvalue weighted by Crippen LogP contribution is 2.35. The molecule has 5 heteroatoms. The summed E-state index contributed by atoms with van der Waals surface area (Å²) in [5.74, 6) is 0.144. The summed E-state index contributed by atoms with van der Waals surface area (Å²) in [5.41, 5.74) is 2.24. The molecular formula is C23H23NO3S. The van der Waals surface area contributed by atoms with Gasteiger partial charge in [-0.2, -0.15) is 0 Å². The number of benzene rings is 2. The molecule has 4 nitrogen and oxygen atoms in total. The third kappa shape index (κ3) is 3.10. The van der Waals surface area contributed by atoms with Crippen molar-refractivity contribution in [3.05, 3.63) is 78.0 Å². The summed E-state index contributed by atoms with van der Waals surface area (Å²) in [4.78, 5) is 13.6. The predicted octanol–water partition coefficient (Wildman–Crippen LogP) is 5.05. The van der Waals surface area contributed by atoms with Crippen LogP contribution in [0.4, 0.5) is 0 Å². The highest BCUT2D eigenvalue weighted by molar-refractivity contribution is 7.90. The molecule has 2 atom stereocenters. The fourth-order valence-electron chi connectivity index (χ4n) is 3.98. The summed E-state index contributed by atoms with van der Waals surface area (Å²) in [6.07, 6.45) is 5.31. The fraction of sp³-hybridized carbons (Fsp3) is 0.261. The van der Waals surface area contributed by atoms with Gasteiger partial charge in [-0.1, -0.05) is 55.0 Å². The first kappa shape index (κ1) is 18.7. The third-order valence-electron chi connectivity index (χ3n) is 5.65. The lowest BCUT2D eigenvalue weighted by Crippen LogP contribution is -2.25. The van der Waals surface area contributed by atoms with Gasteiger partial charge >= 0.3 is 0 Å². The van der Waals surface area contributed by atoms with Crippen molar-refractivity contribution in [3.63, 3.8) is 0 Å². The summed E-state index contributed by atoms with van der Waals surface area (Å²) in [7, 11) is -3.78. The molecule has 0 spiro atoms. The Labute approximate surface area is 165 Å². The van der Waals surface area contributed by atoms with Crippen LogP contribution >= 0.6 is 0 Å². The second-order valence-electron chi connectivity index (χ2n) is 7.61. The van der Waals surface area contributed by atoms with Gasteiger partial charge in [-0.15, -0.1) is 0 Å². The quantitative estimate of drug-likeness (QED) is 0.460. The highest BCUT2D eigenvalue weighted by Gasteiger charge is 2.31. The molecule has 0 saturated heterocycles. The average Bonchev–Trinajstić information content (AvgIpc) is 3.10. The van der Waals surface area contributed by atoms with Crippen LogP contribution in [0.5, 0.6) is 0 Å². The lowest BCUT2D eigenvalue weighted by molar-refractivity contribution is 0.0874. The number of allylic oxidation sites excluding steroid dienone is 2. The molecule has 1 aromatic heterocycles. The van der Waals surface area contributed by atoms with Crippen LogP contribution in [0.1, 0.15) is 37.0 Å². The topological polar surface area (TPSA) is 56.1 Å². The number of carbonyl (C=O) groups is 1. The van der Waals surface area contributed by atoms with E-state index >= 15 is 0 Å². The molecule has 144 valence electrons. The Kier molecular flexibility index (Phi) is 4.71. The second-order valence-corrected chi connectivity index (χ2v) is 9.43. The zero-order valence-corrected chi connectivity index (χ0v) is 16.8. The molecule has 1 aliphatic rings. The van der Waals surface area contributed by atoms with Gasteiger partial charge in [-0.3, -0.25) is 4.79 Å². The van der Waals surface area contributed by atoms with Crippen LogP contribution in [0.15, 0.2) is 77.3 Å². The third-order valence-corrected chi connectivity index (χ3v) is 7.34. The second kappa shape index (κ2) is 7.06. The van der Waals surface area contributed by atoms with Gasteiger partial charge in [-0.05, 0) is 43.9 Å². The van der Waals surface area contributed by atoms with Crippen molar-refractivity contribution in [3.8, 4) is 0 Å². The van der Waals surface area contributed by atoms with Crippen LogP contribution in [-0.2, 0) is 10.0 Å². The Hall–Kier alpha value is -2.66. The number of nitrogens with zero attached hydrogens (tertiary/aromatic N) is 1. The minimum absolute atomic E-state index is 0.0261. The van der Waals surface area contributed by atoms with Gasteiger partial charge in [0.25, 0.3) is 10.0 Å². The molecule has 3 aromatic rings. The van der Waals surface area contributed by atoms with E-state index in [9.17, 15) is 13.2 Å². The number of carbonyl (C=O) groups excluding carboxylic acids is 1. The molecule has 1 heterocycles. The van der Waals surface area contributed by atoms with E-state index in [1.165, 1.54) is 15.7 Å². The number of aromatic nitrogens is 1. The predicted molar refractivity (Wildman–Crippen MR) is 111 cm³/mol. The maximum Gasteiger partial charge on any atom is 0.268 e. The number of fused-ring (bicyclic) bond motifs is 1. The van der Waals surface area contributed by atoms with Gasteiger partial charge in [0.2, 0.25) is 0 Å². The van der Waals surface area contributed by atoms with Gasteiger partial charge in [0.15, 0.2) is 5.78 Å². The van der Waals surface area contributed by atoms with E-state index in [1.54, 1.807) is 42.5 Å². The molecule has 0 fully saturated rings. The van der Waals surface area contributed by atoms with Crippen LogP contribution in [0.3, 0.4) is 0 Å². The van der Waals surface area contributed by atoms with E-state index in [4.69, 9.17) is 0 Å². The zero-order chi connectivity index (χ0) is 19.9. The Morgan fingerprint density at radius 2 is 1.71 bits per heavy atom. The minimum Gasteiger partial charge on any atom is -0.294 e. The smallest absolute Gasteiger partial charge is 0.268 e. The molecule has 0 bridgehead atoms. The van der Waals surface area contributed by atoms with E-state index in [1.807, 2.05) is 12.1 Å². The molecule has 0 unspecified atom stereocenters. The Balaban J connectivity index is 1.86. The molecule has 1 aliphatic carbocycles. The van der Waals surface area contributed by atoms with Gasteiger partial charge in [0.1, 0.15) is 0 Å². The lowest BCUT2D eigenvalue weighted by atomic mass is 9.77. The van der Waals surface area contributed by atoms with Crippen LogP contribution in [-0.4, -0.2) is 18.2 Å². The molecule has 0 aliphatic heterocycles. The minimum atomic E-state index is -3.78. The molecular weight excluding hydrogens is 370 g/mol. The Morgan fingerprint density at radius 1 is 1.04 bits per heavy atom. The van der Waals surface area contributed by atoms with Crippen molar-refractivity contribution in [2.24, 2.45) is 11.8 Å². The Bertz CT molecular complexity index is 1170. The van der Waals surface area contributed by atoms with Crippen LogP contribution in [0.2, 0.25) is 0 Å². The standard InChI is InChI=1S/C23H23NO3S/c1-16-12-13-17(2)20(14-16)23(25)21-15-24(22-11-7-6-10-19(21)22)28(26,27)18-8-4-3-5-9-18/h3-12,15,17,20H,13-14H2,1-2H3/t17-,20-/m1/s1. The van der Waals surface area contributed by atoms with E-state index in [0.717, 1.165) is 12.8 Å². The highest BCUT2D eigenvalue weighted by atomic mass is 32.2. The van der Waals surface area contributed by atoms with E-state index < -0.39 is 10.0 Å². The number of para-hydroxylation sites is 1. The number of Topliss-reactive ketones (excluding diaryl/α,β-unsaturated/α-hetero) is 1. The zero-order valence-electron chi connectivity index (χ0n) is 16.0. The maximum atomic E-state index is 13.4. The van der Waals surface area contributed by atoms with Gasteiger partial charge in [0, 0.05) is 23.1 Å². The molecule has 2 aromatic carbocycles. The van der Waals surface area contributed by atoms with Gasteiger partial charge < -0.3 is 0 Å². The van der Waals surface area contributed by atoms with Crippen molar-refractivity contribution in [1.29, 1.82) is 0 Å². The molecule has 0 N–H and O–H groups in total. The van der Waals surface area contributed by atoms with Crippen molar-refractivity contribution in [2.75, 3.05) is 0 Å². The summed E-state index contributed by atoms with van der Waals surface area (Å²) in [5, 5.41) is 0.686. The van der Waals surface area contributed by atoms with Crippen LogP contribution in [0, 0.1) is 11.8 Å². The summed E-state index contributed by atoms with van der Waals surface area (Å²) in [6.45, 7) is 4.14. The molecule has 0 radical (unpaired) electrons. The number of ketones is 1. The molecule has 0 amide bonds. The largest absolute Gasteiger partial charge is 0.294 e. The first-order chi connectivity index (χ1) is 13.4. The SMILES string of the molecule is CC1=CC[C@@H](C)[C@H](C(=O)c2cn(S(=O)(=O)c3ccccc3)c3ccccc23)C1. The summed E-state index contributed by atoms with van der Waals surface area (Å²) in [6, 6.07) is 15.5. The Morgan fingerprint density at radius 3 is 2.46 bits per heavy atom. The van der Waals surface area contributed by atoms with Crippen molar-refractivity contribution in [2.45, 2.75) is 31.6 Å². The van der Waals surface area contributed by atoms with Crippen LogP contribution < -0.4 is 0 Å². The first-order valence-corrected chi connectivity index (χ1v) is 10.9. The fourth-order valence-corrected chi connectivity index (χ4v) is 5.38. The van der Waals surface area contributed by atoms with Crippen molar-refractivity contribution >= 4 is 26.7 Å². The number of rotatable bonds is 4. The van der Waals surface area contributed by atoms with Crippen molar-refractivity contribution in [1.82, 2.24) is 3.97 Å². The maximum absolute atomic E-state index is 13.4. The lowest BCUT2D eigenvalue weighted by Gasteiger charge is -2.26. The van der Waals surface area contributed by atoms with E-state index in [0.29, 0.717) is 16.5 Å². The van der Waals surface area contributed by atoms with E-state index in [2.05, 4.69) is 19.9 Å². The average molecular weight is 394 g/mol. The normalized spacial score (nSPS) is 20.1. The molecule has 0 saturated carbocycles. The van der Waals surface area contributed by atoms with E-state index in [-0.39, 0.29) is 22.5 Å². The molecule has 28 heavy (non-hydrogen) atoms. The number of hydrogen-bond acceptors (Lipinski definition) is 3. The van der Waals surface area contributed by atoms with Crippen molar-refractivity contribution < 1.29 is 13.2 Å². The first-order valence-electron chi connectivity index (χ1n) is 9.50. The molecule has 4 rings (SSSR count). The van der Waals surface area contributed by atoms with Gasteiger partial charge in [-0.25, -0.2) is 12.4 Å². The summed E-state index contributed by atoms with van der Waals surface area (Å²) >= 11 is 0. The summed E-state index contributed by atoms with van der Waals surface area (Å²) < 4.78 is 27.7. The van der Waals surface area contributed by atoms with Crippen LogP contribution in [0.25, 0.3) is 10.9 Å². The van der Waals surface area contributed by atoms with Gasteiger partial charge in [0.05, 0.1) is 10.4 Å². The number of hydrogen-bond donors (Lipinski definition) is 0.